The van der Waals surface area contributed by atoms with Gasteiger partial charge in [0.2, 0.25) is 5.95 Å². The molecule has 0 saturated carbocycles. The number of nitrogens with two attached hydrogens (primary N) is 2. The molecular formula is C19H17N5O2. The van der Waals surface area contributed by atoms with E-state index in [9.17, 15) is 5.26 Å². The number of hydrogen-bond acceptors (Lipinski definition) is 7. The molecule has 0 aliphatic carbocycles. The van der Waals surface area contributed by atoms with Gasteiger partial charge in [-0.15, -0.1) is 0 Å². The van der Waals surface area contributed by atoms with Crippen molar-refractivity contribution in [1.29, 1.82) is 5.26 Å². The lowest BCUT2D eigenvalue weighted by Crippen LogP contribution is -2.05. The summed E-state index contributed by atoms with van der Waals surface area (Å²) in [7, 11) is 1.63. The molecule has 0 fully saturated rings. The van der Waals surface area contributed by atoms with Crippen LogP contribution in [0.1, 0.15) is 11.1 Å². The van der Waals surface area contributed by atoms with E-state index in [0.717, 1.165) is 11.3 Å². The molecule has 1 heterocycles. The standard InChI is InChI=1S/C19H17N5O2/c1-25-15-4-2-3-12(9-15)11-26-14-7-5-13(6-8-14)17-16(10-20)18(21)24-19(22)23-17/h2-9H,11H2,1H3,(H4,21,22,23,24). The lowest BCUT2D eigenvalue weighted by atomic mass is 10.1. The molecule has 7 heteroatoms. The van der Waals surface area contributed by atoms with Crippen LogP contribution in [0, 0.1) is 11.3 Å². The lowest BCUT2D eigenvalue weighted by molar-refractivity contribution is 0.305. The van der Waals surface area contributed by atoms with Crippen LogP contribution in [-0.4, -0.2) is 17.1 Å². The zero-order valence-electron chi connectivity index (χ0n) is 14.1. The largest absolute Gasteiger partial charge is 0.497 e. The molecule has 0 atom stereocenters. The minimum Gasteiger partial charge on any atom is -0.497 e. The van der Waals surface area contributed by atoms with Gasteiger partial charge < -0.3 is 20.9 Å². The van der Waals surface area contributed by atoms with E-state index in [1.165, 1.54) is 0 Å². The van der Waals surface area contributed by atoms with E-state index in [1.807, 2.05) is 30.3 Å². The van der Waals surface area contributed by atoms with Crippen LogP contribution in [0.5, 0.6) is 11.5 Å². The Morgan fingerprint density at radius 3 is 2.50 bits per heavy atom. The van der Waals surface area contributed by atoms with Crippen LogP contribution in [0.15, 0.2) is 48.5 Å². The van der Waals surface area contributed by atoms with Crippen LogP contribution in [0.3, 0.4) is 0 Å². The molecule has 0 spiro atoms. The molecule has 26 heavy (non-hydrogen) atoms. The predicted molar refractivity (Wildman–Crippen MR) is 98.3 cm³/mol. The molecule has 0 aliphatic rings. The Hall–Kier alpha value is -3.79. The van der Waals surface area contributed by atoms with Gasteiger partial charge in [-0.3, -0.25) is 0 Å². The number of anilines is 2. The van der Waals surface area contributed by atoms with Gasteiger partial charge in [0.15, 0.2) is 0 Å². The summed E-state index contributed by atoms with van der Waals surface area (Å²) >= 11 is 0. The number of ether oxygens (including phenoxy) is 2. The second kappa shape index (κ2) is 7.40. The van der Waals surface area contributed by atoms with Crippen molar-refractivity contribution in [2.75, 3.05) is 18.6 Å². The first-order valence-corrected chi connectivity index (χ1v) is 7.80. The third-order valence-electron chi connectivity index (χ3n) is 3.73. The van der Waals surface area contributed by atoms with E-state index in [-0.39, 0.29) is 17.3 Å². The summed E-state index contributed by atoms with van der Waals surface area (Å²) in [6.45, 7) is 0.410. The molecule has 0 saturated heterocycles. The summed E-state index contributed by atoms with van der Waals surface area (Å²) in [5.74, 6) is 1.55. The van der Waals surface area contributed by atoms with Gasteiger partial charge in [0, 0.05) is 5.56 Å². The van der Waals surface area contributed by atoms with E-state index in [2.05, 4.69) is 9.97 Å². The minimum atomic E-state index is 0.0230. The number of nitrogens with zero attached hydrogens (tertiary/aromatic N) is 3. The first-order valence-electron chi connectivity index (χ1n) is 7.80. The number of methoxy groups -OCH3 is 1. The summed E-state index contributed by atoms with van der Waals surface area (Å²) in [4.78, 5) is 7.94. The maximum absolute atomic E-state index is 9.27. The highest BCUT2D eigenvalue weighted by atomic mass is 16.5. The van der Waals surface area contributed by atoms with Crippen LogP contribution in [0.4, 0.5) is 11.8 Å². The highest BCUT2D eigenvalue weighted by Crippen LogP contribution is 2.27. The van der Waals surface area contributed by atoms with Gasteiger partial charge in [-0.25, -0.2) is 4.98 Å². The number of rotatable bonds is 5. The molecule has 3 aromatic rings. The molecule has 0 amide bonds. The molecule has 3 rings (SSSR count). The Morgan fingerprint density at radius 2 is 1.81 bits per heavy atom. The van der Waals surface area contributed by atoms with Gasteiger partial charge >= 0.3 is 0 Å². The molecule has 1 aromatic heterocycles. The van der Waals surface area contributed by atoms with Crippen molar-refractivity contribution in [3.63, 3.8) is 0 Å². The van der Waals surface area contributed by atoms with Crippen LogP contribution in [0.2, 0.25) is 0 Å². The Morgan fingerprint density at radius 1 is 1.04 bits per heavy atom. The highest BCUT2D eigenvalue weighted by molar-refractivity contribution is 5.73. The molecule has 130 valence electrons. The van der Waals surface area contributed by atoms with Crippen LogP contribution >= 0.6 is 0 Å². The molecule has 4 N–H and O–H groups in total. The quantitative estimate of drug-likeness (QED) is 0.728. The second-order valence-electron chi connectivity index (χ2n) is 5.47. The zero-order valence-corrected chi connectivity index (χ0v) is 14.1. The van der Waals surface area contributed by atoms with Crippen LogP contribution < -0.4 is 20.9 Å². The van der Waals surface area contributed by atoms with E-state index in [1.54, 1.807) is 31.4 Å². The summed E-state index contributed by atoms with van der Waals surface area (Å²) in [5, 5.41) is 9.27. The number of benzene rings is 2. The molecule has 7 nitrogen and oxygen atoms in total. The van der Waals surface area contributed by atoms with E-state index in [0.29, 0.717) is 23.6 Å². The molecule has 0 unspecified atom stereocenters. The minimum absolute atomic E-state index is 0.0230. The summed E-state index contributed by atoms with van der Waals surface area (Å²) < 4.78 is 11.0. The van der Waals surface area contributed by atoms with Crippen molar-refractivity contribution < 1.29 is 9.47 Å². The van der Waals surface area contributed by atoms with E-state index < -0.39 is 0 Å². The van der Waals surface area contributed by atoms with Crippen molar-refractivity contribution in [3.8, 4) is 28.8 Å². The van der Waals surface area contributed by atoms with Gasteiger partial charge in [0.1, 0.15) is 35.6 Å². The first kappa shape index (κ1) is 17.0. The van der Waals surface area contributed by atoms with E-state index >= 15 is 0 Å². The average Bonchev–Trinajstić information content (AvgIpc) is 2.66. The van der Waals surface area contributed by atoms with Crippen molar-refractivity contribution in [3.05, 3.63) is 59.7 Å². The van der Waals surface area contributed by atoms with Gasteiger partial charge in [0.25, 0.3) is 0 Å². The Bertz CT molecular complexity index is 965. The molecule has 0 bridgehead atoms. The fourth-order valence-corrected chi connectivity index (χ4v) is 2.45. The normalized spacial score (nSPS) is 10.2. The summed E-state index contributed by atoms with van der Waals surface area (Å²) in [5.41, 5.74) is 13.7. The Balaban J connectivity index is 1.78. The Labute approximate surface area is 150 Å². The molecular weight excluding hydrogens is 330 g/mol. The number of hydrogen-bond donors (Lipinski definition) is 2. The number of nitriles is 1. The third-order valence-corrected chi connectivity index (χ3v) is 3.73. The van der Waals surface area contributed by atoms with Crippen LogP contribution in [-0.2, 0) is 6.61 Å². The second-order valence-corrected chi connectivity index (χ2v) is 5.47. The van der Waals surface area contributed by atoms with Gasteiger partial charge in [-0.2, -0.15) is 10.2 Å². The van der Waals surface area contributed by atoms with Crippen molar-refractivity contribution in [2.24, 2.45) is 0 Å². The van der Waals surface area contributed by atoms with Gasteiger partial charge in [-0.05, 0) is 42.0 Å². The lowest BCUT2D eigenvalue weighted by Gasteiger charge is -2.10. The predicted octanol–water partition coefficient (Wildman–Crippen LogP) is 2.77. The summed E-state index contributed by atoms with van der Waals surface area (Å²) in [6, 6.07) is 16.9. The van der Waals surface area contributed by atoms with Crippen molar-refractivity contribution in [1.82, 2.24) is 9.97 Å². The molecule has 2 aromatic carbocycles. The van der Waals surface area contributed by atoms with Gasteiger partial charge in [-0.1, -0.05) is 12.1 Å². The van der Waals surface area contributed by atoms with Gasteiger partial charge in [0.05, 0.1) is 12.8 Å². The maximum Gasteiger partial charge on any atom is 0.222 e. The SMILES string of the molecule is COc1cccc(COc2ccc(-c3nc(N)nc(N)c3C#N)cc2)c1. The molecule has 0 aliphatic heterocycles. The van der Waals surface area contributed by atoms with Crippen LogP contribution in [0.25, 0.3) is 11.3 Å². The van der Waals surface area contributed by atoms with E-state index in [4.69, 9.17) is 20.9 Å². The highest BCUT2D eigenvalue weighted by Gasteiger charge is 2.13. The smallest absolute Gasteiger partial charge is 0.222 e. The summed E-state index contributed by atoms with van der Waals surface area (Å²) in [6.07, 6.45) is 0. The fraction of sp³-hybridized carbons (Fsp3) is 0.105. The maximum atomic E-state index is 9.27. The topological polar surface area (TPSA) is 120 Å². The third kappa shape index (κ3) is 3.65. The average molecular weight is 347 g/mol. The zero-order chi connectivity index (χ0) is 18.5. The molecule has 0 radical (unpaired) electrons. The Kier molecular flexibility index (Phi) is 4.85. The monoisotopic (exact) mass is 347 g/mol. The van der Waals surface area contributed by atoms with Crippen molar-refractivity contribution in [2.45, 2.75) is 6.61 Å². The number of nitrogen functional groups attached to an aromatic ring is 2. The fourth-order valence-electron chi connectivity index (χ4n) is 2.45. The van der Waals surface area contributed by atoms with Crippen molar-refractivity contribution >= 4 is 11.8 Å². The number of aromatic nitrogens is 2. The first-order chi connectivity index (χ1) is 12.6.